The van der Waals surface area contributed by atoms with E-state index in [1.807, 2.05) is 0 Å². The van der Waals surface area contributed by atoms with Gasteiger partial charge in [0.25, 0.3) is 0 Å². The first-order valence-corrected chi connectivity index (χ1v) is 6.90. The van der Waals surface area contributed by atoms with Crippen molar-refractivity contribution in [2.75, 3.05) is 5.32 Å². The summed E-state index contributed by atoms with van der Waals surface area (Å²) in [5, 5.41) is 14.2. The van der Waals surface area contributed by atoms with Gasteiger partial charge in [0, 0.05) is 28.5 Å². The number of benzene rings is 2. The second-order valence-electron chi connectivity index (χ2n) is 5.02. The number of anilines is 2. The van der Waals surface area contributed by atoms with Crippen molar-refractivity contribution in [2.24, 2.45) is 0 Å². The molecule has 0 aliphatic heterocycles. The van der Waals surface area contributed by atoms with E-state index < -0.39 is 17.7 Å². The number of pyridine rings is 1. The Kier molecular flexibility index (Phi) is 5.72. The van der Waals surface area contributed by atoms with E-state index in [1.165, 1.54) is 42.6 Å². The van der Waals surface area contributed by atoms with E-state index in [0.717, 1.165) is 6.07 Å². The minimum atomic E-state index is -4.53. The molecule has 3 aromatic rings. The van der Waals surface area contributed by atoms with Crippen LogP contribution < -0.4 is 40.0 Å². The van der Waals surface area contributed by atoms with E-state index in [9.17, 15) is 23.1 Å². The van der Waals surface area contributed by atoms with Gasteiger partial charge in [0.2, 0.25) is 0 Å². The molecule has 3 rings (SSSR count). The normalized spacial score (nSPS) is 11.0. The number of rotatable bonds is 3. The summed E-state index contributed by atoms with van der Waals surface area (Å²) in [6, 6.07) is 11.2. The molecule has 1 N–H and O–H groups in total. The van der Waals surface area contributed by atoms with Crippen molar-refractivity contribution in [2.45, 2.75) is 6.18 Å². The SMILES string of the molecule is O=C([O-])c1ccccc1Nc1ccnc2c(C(F)(F)F)cccc12.[Na+]. The molecule has 0 atom stereocenters. The van der Waals surface area contributed by atoms with Crippen LogP contribution in [0.2, 0.25) is 0 Å². The Bertz CT molecular complexity index is 929. The molecule has 1 heterocycles. The predicted molar refractivity (Wildman–Crippen MR) is 80.8 cm³/mol. The van der Waals surface area contributed by atoms with Crippen molar-refractivity contribution in [3.05, 3.63) is 65.9 Å². The summed E-state index contributed by atoms with van der Waals surface area (Å²) < 4.78 is 39.3. The number of para-hydroxylation sites is 2. The number of nitrogens with zero attached hydrogens (tertiary/aromatic N) is 1. The molecule has 0 bridgehead atoms. The summed E-state index contributed by atoms with van der Waals surface area (Å²) in [6.45, 7) is 0. The molecule has 0 fully saturated rings. The Labute approximate surface area is 163 Å². The zero-order valence-corrected chi connectivity index (χ0v) is 15.1. The number of hydrogen-bond donors (Lipinski definition) is 1. The molecule has 0 unspecified atom stereocenters. The summed E-state index contributed by atoms with van der Waals surface area (Å²) in [7, 11) is 0. The molecule has 0 radical (unpaired) electrons. The Morgan fingerprint density at radius 3 is 2.40 bits per heavy atom. The van der Waals surface area contributed by atoms with Gasteiger partial charge in [-0.05, 0) is 18.2 Å². The number of fused-ring (bicyclic) bond motifs is 1. The Morgan fingerprint density at radius 2 is 1.72 bits per heavy atom. The number of carboxylic acid groups (broad SMARTS) is 1. The van der Waals surface area contributed by atoms with Crippen molar-refractivity contribution in [3.8, 4) is 0 Å². The van der Waals surface area contributed by atoms with Crippen LogP contribution in [0.4, 0.5) is 24.5 Å². The quantitative estimate of drug-likeness (QED) is 0.690. The average molecular weight is 354 g/mol. The van der Waals surface area contributed by atoms with Crippen LogP contribution in [0.25, 0.3) is 10.9 Å². The number of carboxylic acids is 1. The maximum atomic E-state index is 13.1. The molecule has 0 saturated carbocycles. The molecule has 8 heteroatoms. The van der Waals surface area contributed by atoms with Gasteiger partial charge in [0.15, 0.2) is 0 Å². The molecule has 0 saturated heterocycles. The van der Waals surface area contributed by atoms with Crippen LogP contribution in [0.15, 0.2) is 54.7 Å². The molecule has 0 amide bonds. The summed E-state index contributed by atoms with van der Waals surface area (Å²) in [4.78, 5) is 15.0. The minimum absolute atomic E-state index is 0. The second-order valence-corrected chi connectivity index (χ2v) is 5.02. The summed E-state index contributed by atoms with van der Waals surface area (Å²) in [5.41, 5.74) is -0.602. The number of alkyl halides is 3. The Morgan fingerprint density at radius 1 is 1.00 bits per heavy atom. The van der Waals surface area contributed by atoms with Gasteiger partial charge in [-0.3, -0.25) is 4.98 Å². The molecule has 25 heavy (non-hydrogen) atoms. The van der Waals surface area contributed by atoms with E-state index in [4.69, 9.17) is 0 Å². The van der Waals surface area contributed by atoms with Crippen molar-refractivity contribution >= 4 is 28.2 Å². The second kappa shape index (κ2) is 7.43. The Balaban J connectivity index is 0.00000225. The van der Waals surface area contributed by atoms with E-state index in [2.05, 4.69) is 10.3 Å². The van der Waals surface area contributed by atoms with Crippen LogP contribution in [-0.4, -0.2) is 11.0 Å². The van der Waals surface area contributed by atoms with Crippen LogP contribution >= 0.6 is 0 Å². The minimum Gasteiger partial charge on any atom is -0.545 e. The van der Waals surface area contributed by atoms with E-state index in [-0.39, 0.29) is 51.7 Å². The largest absolute Gasteiger partial charge is 1.00 e. The third-order valence-electron chi connectivity index (χ3n) is 3.49. The van der Waals surface area contributed by atoms with E-state index in [0.29, 0.717) is 5.69 Å². The summed E-state index contributed by atoms with van der Waals surface area (Å²) in [6.07, 6.45) is -3.30. The van der Waals surface area contributed by atoms with Gasteiger partial charge >= 0.3 is 35.7 Å². The molecule has 0 aliphatic carbocycles. The van der Waals surface area contributed by atoms with E-state index >= 15 is 0 Å². The molecule has 4 nitrogen and oxygen atoms in total. The summed E-state index contributed by atoms with van der Waals surface area (Å²) in [5.74, 6) is -1.38. The van der Waals surface area contributed by atoms with Crippen LogP contribution in [0, 0.1) is 0 Å². The maximum absolute atomic E-state index is 13.1. The number of aromatic nitrogens is 1. The third-order valence-corrected chi connectivity index (χ3v) is 3.49. The zero-order valence-electron chi connectivity index (χ0n) is 13.1. The standard InChI is InChI=1S/C17H11F3N2O2.Na/c18-17(19,20)12-6-3-5-10-14(8-9-21-15(10)12)22-13-7-2-1-4-11(13)16(23)24;/h1-9H,(H,21,22)(H,23,24);/q;+1/p-1. The Hall–Kier alpha value is -2.09. The molecule has 122 valence electrons. The van der Waals surface area contributed by atoms with Gasteiger partial charge in [0.05, 0.1) is 17.0 Å². The fraction of sp³-hybridized carbons (Fsp3) is 0.0588. The number of nitrogens with one attached hydrogen (secondary N) is 1. The number of carbonyl (C=O) groups is 1. The first-order chi connectivity index (χ1) is 11.4. The number of aromatic carboxylic acids is 1. The van der Waals surface area contributed by atoms with Crippen molar-refractivity contribution in [1.29, 1.82) is 0 Å². The molecule has 0 spiro atoms. The number of carbonyl (C=O) groups excluding carboxylic acids is 1. The number of halogens is 3. The first-order valence-electron chi connectivity index (χ1n) is 6.90. The molecular weight excluding hydrogens is 344 g/mol. The maximum Gasteiger partial charge on any atom is 1.00 e. The number of hydrogen-bond acceptors (Lipinski definition) is 4. The van der Waals surface area contributed by atoms with Gasteiger partial charge in [-0.1, -0.05) is 30.3 Å². The van der Waals surface area contributed by atoms with Crippen LogP contribution in [0.3, 0.4) is 0 Å². The van der Waals surface area contributed by atoms with Crippen LogP contribution in [0.1, 0.15) is 15.9 Å². The van der Waals surface area contributed by atoms with Crippen LogP contribution in [0.5, 0.6) is 0 Å². The van der Waals surface area contributed by atoms with Crippen molar-refractivity contribution in [3.63, 3.8) is 0 Å². The van der Waals surface area contributed by atoms with Gasteiger partial charge in [0.1, 0.15) is 0 Å². The molecule has 2 aromatic carbocycles. The van der Waals surface area contributed by atoms with Gasteiger partial charge in [-0.15, -0.1) is 0 Å². The third kappa shape index (κ3) is 3.95. The summed E-state index contributed by atoms with van der Waals surface area (Å²) >= 11 is 0. The fourth-order valence-corrected chi connectivity index (χ4v) is 2.43. The van der Waals surface area contributed by atoms with Crippen molar-refractivity contribution < 1.29 is 52.6 Å². The van der Waals surface area contributed by atoms with E-state index in [1.54, 1.807) is 6.07 Å². The predicted octanol–water partition coefficient (Wildman–Crippen LogP) is 0.365. The average Bonchev–Trinajstić information content (AvgIpc) is 2.54. The fourth-order valence-electron chi connectivity index (χ4n) is 2.43. The zero-order chi connectivity index (χ0) is 17.3. The molecule has 1 aromatic heterocycles. The topological polar surface area (TPSA) is 65.0 Å². The van der Waals surface area contributed by atoms with Crippen LogP contribution in [-0.2, 0) is 6.18 Å². The van der Waals surface area contributed by atoms with Gasteiger partial charge in [-0.2, -0.15) is 13.2 Å². The van der Waals surface area contributed by atoms with Gasteiger partial charge in [-0.25, -0.2) is 0 Å². The monoisotopic (exact) mass is 354 g/mol. The molecular formula is C17H10F3N2NaO2. The van der Waals surface area contributed by atoms with Crippen molar-refractivity contribution in [1.82, 2.24) is 4.98 Å². The smallest absolute Gasteiger partial charge is 0.545 e. The molecule has 0 aliphatic rings. The first kappa shape index (κ1) is 19.2. The van der Waals surface area contributed by atoms with Gasteiger partial charge < -0.3 is 15.2 Å².